The van der Waals surface area contributed by atoms with Gasteiger partial charge in [0.25, 0.3) is 0 Å². The van der Waals surface area contributed by atoms with E-state index in [1.54, 1.807) is 35.7 Å². The molecule has 0 bridgehead atoms. The maximum atomic E-state index is 13.2. The molecule has 1 aromatic carbocycles. The van der Waals surface area contributed by atoms with Crippen LogP contribution in [0.25, 0.3) is 33.3 Å². The lowest BCUT2D eigenvalue weighted by molar-refractivity contribution is 0.358. The highest BCUT2D eigenvalue weighted by atomic mass is 32.3. The number of pyridine rings is 1. The average Bonchev–Trinajstić information content (AvgIpc) is 3.53. The molecule has 0 spiro atoms. The van der Waals surface area contributed by atoms with Gasteiger partial charge in [-0.1, -0.05) is 9.95 Å². The molecule has 5 heterocycles. The van der Waals surface area contributed by atoms with Crippen LogP contribution in [0.3, 0.4) is 0 Å². The number of rotatable bonds is 6. The zero-order chi connectivity index (χ0) is 26.4. The number of aromatic nitrogens is 6. The number of anilines is 1. The van der Waals surface area contributed by atoms with E-state index in [1.165, 1.54) is 12.3 Å². The first kappa shape index (κ1) is 24.6. The summed E-state index contributed by atoms with van der Waals surface area (Å²) in [5.41, 5.74) is 9.47. The van der Waals surface area contributed by atoms with Crippen LogP contribution in [0.2, 0.25) is 0 Å². The number of fused-ring (bicyclic) bond motifs is 2. The van der Waals surface area contributed by atoms with Gasteiger partial charge in [0.1, 0.15) is 16.9 Å². The van der Waals surface area contributed by atoms with Crippen LogP contribution in [0, 0.1) is 12.8 Å². The van der Waals surface area contributed by atoms with E-state index in [9.17, 15) is 12.3 Å². The SMILES string of the molecule is Cc1csc(C2CN(c3cnc4c(-c5ccc(OS(=O)(=O)F)c6ncccc56)[nH]nc4n3)CC[C@H]2CN)n1. The third-order valence-corrected chi connectivity index (χ3v) is 8.25. The van der Waals surface area contributed by atoms with Gasteiger partial charge in [0.05, 0.1) is 16.9 Å². The van der Waals surface area contributed by atoms with Crippen molar-refractivity contribution in [1.29, 1.82) is 0 Å². The minimum absolute atomic E-state index is 0.185. The maximum Gasteiger partial charge on any atom is 0.488 e. The number of thiazole rings is 1. The molecule has 0 aliphatic carbocycles. The topological polar surface area (TPSA) is 153 Å². The Morgan fingerprint density at radius 3 is 2.87 bits per heavy atom. The number of H-pyrrole nitrogens is 1. The van der Waals surface area contributed by atoms with Crippen LogP contribution in [0.5, 0.6) is 5.75 Å². The number of nitrogens with zero attached hydrogens (tertiary/aromatic N) is 6. The summed E-state index contributed by atoms with van der Waals surface area (Å²) in [6.45, 7) is 4.14. The first-order valence-electron chi connectivity index (χ1n) is 11.9. The second kappa shape index (κ2) is 9.53. The number of hydrogen-bond donors (Lipinski definition) is 2. The van der Waals surface area contributed by atoms with E-state index in [2.05, 4.69) is 34.6 Å². The molecular formula is C24H23FN8O3S2. The van der Waals surface area contributed by atoms with Gasteiger partial charge < -0.3 is 14.8 Å². The first-order valence-corrected chi connectivity index (χ1v) is 14.1. The van der Waals surface area contributed by atoms with Gasteiger partial charge in [-0.05, 0) is 44.0 Å². The molecule has 1 aliphatic rings. The van der Waals surface area contributed by atoms with E-state index in [-0.39, 0.29) is 17.2 Å². The molecule has 0 amide bonds. The van der Waals surface area contributed by atoms with Crippen LogP contribution >= 0.6 is 11.3 Å². The predicted molar refractivity (Wildman–Crippen MR) is 142 cm³/mol. The molecule has 0 radical (unpaired) electrons. The van der Waals surface area contributed by atoms with E-state index in [4.69, 9.17) is 15.7 Å². The summed E-state index contributed by atoms with van der Waals surface area (Å²) in [6, 6.07) is 6.36. The third kappa shape index (κ3) is 4.54. The number of piperidine rings is 1. The van der Waals surface area contributed by atoms with Gasteiger partial charge >= 0.3 is 10.5 Å². The summed E-state index contributed by atoms with van der Waals surface area (Å²) >= 11 is 1.67. The number of hydrogen-bond acceptors (Lipinski definition) is 11. The molecule has 196 valence electrons. The van der Waals surface area contributed by atoms with Gasteiger partial charge in [-0.25, -0.2) is 15.0 Å². The molecule has 11 nitrogen and oxygen atoms in total. The van der Waals surface area contributed by atoms with Crippen molar-refractivity contribution in [1.82, 2.24) is 30.1 Å². The number of benzene rings is 1. The molecule has 14 heteroatoms. The third-order valence-electron chi connectivity index (χ3n) is 6.78. The molecule has 4 aromatic heterocycles. The fourth-order valence-corrected chi connectivity index (χ4v) is 6.31. The highest BCUT2D eigenvalue weighted by Gasteiger charge is 2.32. The van der Waals surface area contributed by atoms with Gasteiger partial charge in [0.15, 0.2) is 5.75 Å². The lowest BCUT2D eigenvalue weighted by atomic mass is 9.86. The van der Waals surface area contributed by atoms with Gasteiger partial charge in [0.2, 0.25) is 5.65 Å². The molecule has 5 aromatic rings. The van der Waals surface area contributed by atoms with Gasteiger partial charge in [0, 0.05) is 47.2 Å². The minimum Gasteiger partial charge on any atom is -0.356 e. The highest BCUT2D eigenvalue weighted by molar-refractivity contribution is 7.81. The summed E-state index contributed by atoms with van der Waals surface area (Å²) in [5.74, 6) is 1.07. The van der Waals surface area contributed by atoms with Crippen molar-refractivity contribution in [3.05, 3.63) is 52.7 Å². The summed E-state index contributed by atoms with van der Waals surface area (Å²) in [5, 5.41) is 11.1. The summed E-state index contributed by atoms with van der Waals surface area (Å²) in [7, 11) is -5.21. The molecule has 1 fully saturated rings. The zero-order valence-electron chi connectivity index (χ0n) is 20.2. The molecule has 6 rings (SSSR count). The average molecular weight is 555 g/mol. The summed E-state index contributed by atoms with van der Waals surface area (Å²) < 4.78 is 39.8. The van der Waals surface area contributed by atoms with Crippen LogP contribution in [-0.2, 0) is 10.5 Å². The van der Waals surface area contributed by atoms with Gasteiger partial charge in [-0.3, -0.25) is 10.1 Å². The zero-order valence-corrected chi connectivity index (χ0v) is 21.8. The molecular weight excluding hydrogens is 531 g/mol. The Bertz CT molecular complexity index is 1760. The maximum absolute atomic E-state index is 13.2. The highest BCUT2D eigenvalue weighted by Crippen LogP contribution is 2.37. The molecule has 1 aliphatic heterocycles. The van der Waals surface area contributed by atoms with Crippen molar-refractivity contribution >= 4 is 49.7 Å². The van der Waals surface area contributed by atoms with Crippen LogP contribution in [-0.4, -0.2) is 58.2 Å². The minimum atomic E-state index is -5.21. The molecule has 3 N–H and O–H groups in total. The standard InChI is InChI=1S/C24H23FN8O3S2/c1-13-12-37-24(29-13)17-11-33(8-6-14(17)9-26)19-10-28-22-21(31-32-23(22)30-19)16-4-5-18(36-38(25,34)35)20-15(16)3-2-7-27-20/h2-5,7,10,12,14,17H,6,8-9,11,26H2,1H3,(H,30,31,32)/t14-,17?/m0/s1. The fraction of sp³-hybridized carbons (Fsp3) is 0.292. The van der Waals surface area contributed by atoms with Crippen LogP contribution < -0.4 is 14.8 Å². The van der Waals surface area contributed by atoms with Gasteiger partial charge in [-0.15, -0.1) is 11.3 Å². The van der Waals surface area contributed by atoms with Crippen molar-refractivity contribution in [3.63, 3.8) is 0 Å². The van der Waals surface area contributed by atoms with E-state index >= 15 is 0 Å². The summed E-state index contributed by atoms with van der Waals surface area (Å²) in [6.07, 6.45) is 4.12. The Hall–Kier alpha value is -3.75. The van der Waals surface area contributed by atoms with Crippen LogP contribution in [0.15, 0.2) is 42.0 Å². The number of aryl methyl sites for hydroxylation is 1. The van der Waals surface area contributed by atoms with E-state index in [0.29, 0.717) is 46.1 Å². The second-order valence-corrected chi connectivity index (χ2v) is 11.0. The quantitative estimate of drug-likeness (QED) is 0.298. The second-order valence-electron chi connectivity index (χ2n) is 9.15. The molecule has 1 saturated heterocycles. The van der Waals surface area contributed by atoms with Gasteiger partial charge in [-0.2, -0.15) is 13.5 Å². The Labute approximate surface area is 221 Å². The van der Waals surface area contributed by atoms with Crippen LogP contribution in [0.4, 0.5) is 9.70 Å². The van der Waals surface area contributed by atoms with E-state index in [1.807, 2.05) is 6.92 Å². The monoisotopic (exact) mass is 554 g/mol. The Balaban J connectivity index is 1.35. The Kier molecular flexibility index (Phi) is 6.16. The Morgan fingerprint density at radius 1 is 1.24 bits per heavy atom. The number of nitrogens with two attached hydrogens (primary N) is 1. The van der Waals surface area contributed by atoms with Crippen molar-refractivity contribution in [2.24, 2.45) is 11.7 Å². The smallest absolute Gasteiger partial charge is 0.356 e. The molecule has 2 atom stereocenters. The predicted octanol–water partition coefficient (Wildman–Crippen LogP) is 3.49. The molecule has 0 saturated carbocycles. The van der Waals surface area contributed by atoms with E-state index < -0.39 is 10.5 Å². The number of halogens is 1. The molecule has 1 unspecified atom stereocenters. The van der Waals surface area contributed by atoms with Crippen molar-refractivity contribution in [2.75, 3.05) is 24.5 Å². The van der Waals surface area contributed by atoms with Crippen molar-refractivity contribution in [2.45, 2.75) is 19.3 Å². The first-order chi connectivity index (χ1) is 18.3. The van der Waals surface area contributed by atoms with Crippen LogP contribution in [0.1, 0.15) is 23.0 Å². The lowest BCUT2D eigenvalue weighted by Crippen LogP contribution is -2.42. The number of aromatic amines is 1. The van der Waals surface area contributed by atoms with Crippen molar-refractivity contribution in [3.8, 4) is 17.0 Å². The normalized spacial score (nSPS) is 18.3. The van der Waals surface area contributed by atoms with E-state index in [0.717, 1.165) is 30.2 Å². The lowest BCUT2D eigenvalue weighted by Gasteiger charge is -2.37. The Morgan fingerprint density at radius 2 is 2.11 bits per heavy atom. The fourth-order valence-electron chi connectivity index (χ4n) is 4.98. The molecule has 38 heavy (non-hydrogen) atoms. The number of nitrogens with one attached hydrogen (secondary N) is 1. The summed E-state index contributed by atoms with van der Waals surface area (Å²) in [4.78, 5) is 20.6. The van der Waals surface area contributed by atoms with Crippen molar-refractivity contribution < 1.29 is 16.5 Å². The largest absolute Gasteiger partial charge is 0.488 e.